The molecule has 3 nitrogen and oxygen atoms in total. The van der Waals surface area contributed by atoms with Gasteiger partial charge in [-0.15, -0.1) is 0 Å². The van der Waals surface area contributed by atoms with Crippen LogP contribution in [0.4, 0.5) is 0 Å². The normalized spacial score (nSPS) is 9.65. The average molecular weight is 393 g/mol. The number of hydrogen-bond donors (Lipinski definition) is 1. The first kappa shape index (κ1) is 17.4. The summed E-state index contributed by atoms with van der Waals surface area (Å²) in [6, 6.07) is 14.8. The van der Waals surface area contributed by atoms with Gasteiger partial charge in [-0.1, -0.05) is 63.6 Å². The Labute approximate surface area is 149 Å². The molecule has 0 unspecified atom stereocenters. The van der Waals surface area contributed by atoms with E-state index in [2.05, 4.69) is 33.1 Å². The van der Waals surface area contributed by atoms with Crippen LogP contribution in [0, 0.1) is 11.8 Å². The topological polar surface area (TPSA) is 38.3 Å². The third-order valence-electron chi connectivity index (χ3n) is 2.91. The Bertz CT molecular complexity index is 737. The van der Waals surface area contributed by atoms with E-state index >= 15 is 0 Å². The van der Waals surface area contributed by atoms with Gasteiger partial charge in [0.1, 0.15) is 12.4 Å². The first-order chi connectivity index (χ1) is 11.1. The van der Waals surface area contributed by atoms with Crippen molar-refractivity contribution in [3.05, 3.63) is 63.6 Å². The van der Waals surface area contributed by atoms with Gasteiger partial charge in [-0.25, -0.2) is 0 Å². The molecule has 0 aromatic heterocycles. The van der Waals surface area contributed by atoms with Crippen molar-refractivity contribution >= 4 is 33.4 Å². The van der Waals surface area contributed by atoms with E-state index in [9.17, 15) is 4.79 Å². The van der Waals surface area contributed by atoms with Crippen molar-refractivity contribution < 1.29 is 9.53 Å². The standard InChI is InChI=1S/C18H15BrClNO2/c19-15-7-5-8-16(13-15)23-11-4-3-10-21-18(22)12-14-6-1-2-9-17(14)20/h1-2,5-9,13H,10-12H2,(H,21,22). The van der Waals surface area contributed by atoms with Crippen LogP contribution in [0.3, 0.4) is 0 Å². The Morgan fingerprint density at radius 1 is 1.17 bits per heavy atom. The fourth-order valence-corrected chi connectivity index (χ4v) is 2.39. The molecular weight excluding hydrogens is 378 g/mol. The van der Waals surface area contributed by atoms with Crippen LogP contribution in [0.5, 0.6) is 5.75 Å². The number of hydrogen-bond acceptors (Lipinski definition) is 2. The SMILES string of the molecule is O=C(Cc1ccccc1Cl)NCC#CCOc1cccc(Br)c1. The smallest absolute Gasteiger partial charge is 0.225 e. The van der Waals surface area contributed by atoms with Gasteiger partial charge in [0, 0.05) is 9.50 Å². The lowest BCUT2D eigenvalue weighted by Crippen LogP contribution is -2.25. The van der Waals surface area contributed by atoms with Crippen molar-refractivity contribution in [3.63, 3.8) is 0 Å². The second kappa shape index (κ2) is 9.24. The second-order valence-corrected chi connectivity index (χ2v) is 5.97. The maximum atomic E-state index is 11.8. The van der Waals surface area contributed by atoms with Crippen LogP contribution in [0.2, 0.25) is 5.02 Å². The van der Waals surface area contributed by atoms with Crippen LogP contribution < -0.4 is 10.1 Å². The molecule has 0 aliphatic carbocycles. The molecule has 0 aliphatic rings. The summed E-state index contributed by atoms with van der Waals surface area (Å²) >= 11 is 9.38. The molecule has 0 radical (unpaired) electrons. The summed E-state index contributed by atoms with van der Waals surface area (Å²) in [5.41, 5.74) is 0.803. The molecule has 1 N–H and O–H groups in total. The molecule has 2 aromatic rings. The van der Waals surface area contributed by atoms with Gasteiger partial charge in [0.25, 0.3) is 0 Å². The van der Waals surface area contributed by atoms with E-state index in [4.69, 9.17) is 16.3 Å². The maximum Gasteiger partial charge on any atom is 0.225 e. The molecule has 0 saturated carbocycles. The fourth-order valence-electron chi connectivity index (χ4n) is 1.81. The Morgan fingerprint density at radius 3 is 2.78 bits per heavy atom. The van der Waals surface area contributed by atoms with E-state index in [1.165, 1.54) is 0 Å². The minimum atomic E-state index is -0.111. The molecule has 5 heteroatoms. The first-order valence-electron chi connectivity index (χ1n) is 6.99. The zero-order valence-electron chi connectivity index (χ0n) is 12.3. The van der Waals surface area contributed by atoms with Crippen LogP contribution in [-0.2, 0) is 11.2 Å². The number of ether oxygens (including phenoxy) is 1. The lowest BCUT2D eigenvalue weighted by Gasteiger charge is -2.03. The fraction of sp³-hybridized carbons (Fsp3) is 0.167. The highest BCUT2D eigenvalue weighted by molar-refractivity contribution is 9.10. The van der Waals surface area contributed by atoms with E-state index in [1.54, 1.807) is 6.07 Å². The number of carbonyl (C=O) groups is 1. The Hall–Kier alpha value is -1.96. The van der Waals surface area contributed by atoms with Gasteiger partial charge in [-0.3, -0.25) is 4.79 Å². The summed E-state index contributed by atoms with van der Waals surface area (Å²) < 4.78 is 6.43. The van der Waals surface area contributed by atoms with Crippen molar-refractivity contribution in [3.8, 4) is 17.6 Å². The molecule has 2 aromatic carbocycles. The highest BCUT2D eigenvalue weighted by Gasteiger charge is 2.04. The van der Waals surface area contributed by atoms with Gasteiger partial charge in [-0.2, -0.15) is 0 Å². The van der Waals surface area contributed by atoms with Crippen LogP contribution in [0.15, 0.2) is 53.0 Å². The average Bonchev–Trinajstić information content (AvgIpc) is 2.53. The third kappa shape index (κ3) is 6.35. The second-order valence-electron chi connectivity index (χ2n) is 4.64. The van der Waals surface area contributed by atoms with Crippen molar-refractivity contribution in [1.29, 1.82) is 0 Å². The highest BCUT2D eigenvalue weighted by atomic mass is 79.9. The monoisotopic (exact) mass is 391 g/mol. The maximum absolute atomic E-state index is 11.8. The molecule has 0 aliphatic heterocycles. The van der Waals surface area contributed by atoms with Crippen molar-refractivity contribution in [2.45, 2.75) is 6.42 Å². The van der Waals surface area contributed by atoms with E-state index in [0.717, 1.165) is 15.8 Å². The van der Waals surface area contributed by atoms with Gasteiger partial charge in [-0.05, 0) is 29.8 Å². The molecule has 2 rings (SSSR count). The molecule has 0 spiro atoms. The first-order valence-corrected chi connectivity index (χ1v) is 8.16. The van der Waals surface area contributed by atoms with Crippen molar-refractivity contribution in [2.75, 3.05) is 13.2 Å². The number of rotatable bonds is 5. The summed E-state index contributed by atoms with van der Waals surface area (Å²) in [6.07, 6.45) is 0.246. The molecule has 0 atom stereocenters. The van der Waals surface area contributed by atoms with Crippen LogP contribution >= 0.6 is 27.5 Å². The summed E-state index contributed by atoms with van der Waals surface area (Å²) in [4.78, 5) is 11.8. The minimum absolute atomic E-state index is 0.111. The Morgan fingerprint density at radius 2 is 2.00 bits per heavy atom. The summed E-state index contributed by atoms with van der Waals surface area (Å²) in [5, 5.41) is 3.33. The van der Waals surface area contributed by atoms with Crippen molar-refractivity contribution in [2.24, 2.45) is 0 Å². The van der Waals surface area contributed by atoms with Gasteiger partial charge in [0.15, 0.2) is 0 Å². The number of nitrogens with one attached hydrogen (secondary N) is 1. The highest BCUT2D eigenvalue weighted by Crippen LogP contribution is 2.17. The van der Waals surface area contributed by atoms with E-state index in [1.807, 2.05) is 42.5 Å². The molecule has 0 heterocycles. The van der Waals surface area contributed by atoms with Gasteiger partial charge < -0.3 is 10.1 Å². The van der Waals surface area contributed by atoms with E-state index in [0.29, 0.717) is 5.02 Å². The molecule has 118 valence electrons. The molecule has 0 fully saturated rings. The third-order valence-corrected chi connectivity index (χ3v) is 3.78. The lowest BCUT2D eigenvalue weighted by atomic mass is 10.1. The lowest BCUT2D eigenvalue weighted by molar-refractivity contribution is -0.120. The van der Waals surface area contributed by atoms with Gasteiger partial charge in [0.2, 0.25) is 5.91 Å². The van der Waals surface area contributed by atoms with Gasteiger partial charge >= 0.3 is 0 Å². The molecule has 1 amide bonds. The van der Waals surface area contributed by atoms with Crippen LogP contribution in [0.1, 0.15) is 5.56 Å². The predicted octanol–water partition coefficient (Wildman–Crippen LogP) is 3.84. The molecule has 23 heavy (non-hydrogen) atoms. The van der Waals surface area contributed by atoms with Gasteiger partial charge in [0.05, 0.1) is 13.0 Å². The van der Waals surface area contributed by atoms with Crippen LogP contribution in [0.25, 0.3) is 0 Å². The minimum Gasteiger partial charge on any atom is -0.481 e. The number of carbonyl (C=O) groups excluding carboxylic acids is 1. The molecule has 0 bridgehead atoms. The summed E-state index contributed by atoms with van der Waals surface area (Å²) in [5.74, 6) is 6.34. The zero-order valence-corrected chi connectivity index (χ0v) is 14.7. The Balaban J connectivity index is 1.69. The van der Waals surface area contributed by atoms with E-state index < -0.39 is 0 Å². The number of amides is 1. The van der Waals surface area contributed by atoms with Crippen LogP contribution in [-0.4, -0.2) is 19.1 Å². The predicted molar refractivity (Wildman–Crippen MR) is 95.6 cm³/mol. The quantitative estimate of drug-likeness (QED) is 0.785. The van der Waals surface area contributed by atoms with Crippen molar-refractivity contribution in [1.82, 2.24) is 5.32 Å². The zero-order chi connectivity index (χ0) is 16.5. The Kier molecular flexibility index (Phi) is 6.99. The van der Waals surface area contributed by atoms with E-state index in [-0.39, 0.29) is 25.5 Å². The molecular formula is C18H15BrClNO2. The summed E-state index contributed by atoms with van der Waals surface area (Å²) in [6.45, 7) is 0.558. The largest absolute Gasteiger partial charge is 0.481 e. The number of halogens is 2. The summed E-state index contributed by atoms with van der Waals surface area (Å²) in [7, 11) is 0. The number of benzene rings is 2. The molecule has 0 saturated heterocycles.